The molecular formula is C22H27N5O2. The van der Waals surface area contributed by atoms with E-state index in [2.05, 4.69) is 46.1 Å². The predicted octanol–water partition coefficient (Wildman–Crippen LogP) is 2.04. The van der Waals surface area contributed by atoms with Gasteiger partial charge in [0.1, 0.15) is 0 Å². The van der Waals surface area contributed by atoms with Crippen molar-refractivity contribution in [3.63, 3.8) is 0 Å². The maximum atomic E-state index is 12.8. The zero-order valence-electron chi connectivity index (χ0n) is 17.0. The smallest absolute Gasteiger partial charge is 0.332 e. The second-order valence-corrected chi connectivity index (χ2v) is 7.37. The van der Waals surface area contributed by atoms with E-state index in [4.69, 9.17) is 4.74 Å². The molecule has 1 saturated heterocycles. The van der Waals surface area contributed by atoms with Gasteiger partial charge in [-0.3, -0.25) is 9.13 Å². The van der Waals surface area contributed by atoms with Crippen LogP contribution in [-0.2, 0) is 13.0 Å². The van der Waals surface area contributed by atoms with Crippen LogP contribution in [0.2, 0.25) is 0 Å². The summed E-state index contributed by atoms with van der Waals surface area (Å²) in [5.74, 6) is 0.529. The Kier molecular flexibility index (Phi) is 5.67. The maximum Gasteiger partial charge on any atom is 0.332 e. The molecule has 0 radical (unpaired) electrons. The van der Waals surface area contributed by atoms with Gasteiger partial charge in [-0.05, 0) is 31.2 Å². The number of para-hydroxylation sites is 1. The van der Waals surface area contributed by atoms with Crippen LogP contribution in [0.15, 0.2) is 59.8 Å². The van der Waals surface area contributed by atoms with Crippen LogP contribution in [0.5, 0.6) is 5.88 Å². The van der Waals surface area contributed by atoms with E-state index in [1.165, 1.54) is 11.3 Å². The van der Waals surface area contributed by atoms with E-state index >= 15 is 0 Å². The minimum Gasteiger partial charge on any atom is -0.481 e. The van der Waals surface area contributed by atoms with Gasteiger partial charge < -0.3 is 14.5 Å². The molecule has 1 aliphatic heterocycles. The summed E-state index contributed by atoms with van der Waals surface area (Å²) in [4.78, 5) is 21.8. The molecule has 0 bridgehead atoms. The van der Waals surface area contributed by atoms with Crippen LogP contribution in [0.1, 0.15) is 5.56 Å². The lowest BCUT2D eigenvalue weighted by Gasteiger charge is -2.35. The average Bonchev–Trinajstić information content (AvgIpc) is 3.13. The van der Waals surface area contributed by atoms with Gasteiger partial charge in [0, 0.05) is 56.9 Å². The molecule has 0 atom stereocenters. The van der Waals surface area contributed by atoms with Crippen LogP contribution in [0.3, 0.4) is 0 Å². The second-order valence-electron chi connectivity index (χ2n) is 7.37. The Balaban J connectivity index is 1.49. The lowest BCUT2D eigenvalue weighted by atomic mass is 10.1. The summed E-state index contributed by atoms with van der Waals surface area (Å²) in [6.07, 6.45) is 6.09. The summed E-state index contributed by atoms with van der Waals surface area (Å²) in [5, 5.41) is 0. The summed E-state index contributed by atoms with van der Waals surface area (Å²) < 4.78 is 8.45. The number of methoxy groups -OCH3 is 1. The zero-order valence-corrected chi connectivity index (χ0v) is 17.0. The fourth-order valence-electron chi connectivity index (χ4n) is 3.73. The molecule has 1 aliphatic rings. The number of nitrogens with zero attached hydrogens (tertiary/aromatic N) is 5. The maximum absolute atomic E-state index is 12.8. The van der Waals surface area contributed by atoms with Gasteiger partial charge in [-0.15, -0.1) is 0 Å². The van der Waals surface area contributed by atoms with Crippen molar-refractivity contribution in [2.75, 3.05) is 45.2 Å². The first-order valence-electron chi connectivity index (χ1n) is 9.95. The Morgan fingerprint density at radius 1 is 1.03 bits per heavy atom. The number of rotatable bonds is 6. The molecule has 0 amide bonds. The molecule has 0 N–H and O–H groups in total. The molecule has 0 unspecified atom stereocenters. The number of hydrogen-bond acceptors (Lipinski definition) is 5. The van der Waals surface area contributed by atoms with Crippen molar-refractivity contribution in [1.29, 1.82) is 0 Å². The molecule has 152 valence electrons. The third kappa shape index (κ3) is 4.19. The van der Waals surface area contributed by atoms with E-state index in [-0.39, 0.29) is 5.69 Å². The average molecular weight is 393 g/mol. The standard InChI is InChI=1S/C22H27N5O2/c1-24-11-13-25(14-12-24)20-6-4-3-5-18(20)9-10-26-15-16-27(22(26)28)19-7-8-21(29-2)23-17-19/h3-8,15-17H,9-14H2,1-2H3. The Hall–Kier alpha value is -3.06. The molecule has 7 nitrogen and oxygen atoms in total. The van der Waals surface area contributed by atoms with E-state index in [1.807, 2.05) is 12.3 Å². The number of hydrogen-bond donors (Lipinski definition) is 0. The van der Waals surface area contributed by atoms with Crippen molar-refractivity contribution >= 4 is 5.69 Å². The van der Waals surface area contributed by atoms with E-state index < -0.39 is 0 Å². The van der Waals surface area contributed by atoms with Crippen LogP contribution in [0.4, 0.5) is 5.69 Å². The van der Waals surface area contributed by atoms with Crippen LogP contribution >= 0.6 is 0 Å². The first kappa shape index (κ1) is 19.3. The van der Waals surface area contributed by atoms with Crippen LogP contribution in [0, 0.1) is 0 Å². The molecule has 0 spiro atoms. The second kappa shape index (κ2) is 8.53. The molecule has 7 heteroatoms. The number of ether oxygens (including phenoxy) is 1. The lowest BCUT2D eigenvalue weighted by Crippen LogP contribution is -2.44. The van der Waals surface area contributed by atoms with Gasteiger partial charge in [-0.25, -0.2) is 9.78 Å². The fourth-order valence-corrected chi connectivity index (χ4v) is 3.73. The third-order valence-electron chi connectivity index (χ3n) is 5.51. The largest absolute Gasteiger partial charge is 0.481 e. The van der Waals surface area contributed by atoms with Crippen LogP contribution in [0.25, 0.3) is 5.69 Å². The highest BCUT2D eigenvalue weighted by Crippen LogP contribution is 2.22. The molecule has 0 saturated carbocycles. The van der Waals surface area contributed by atoms with Crippen molar-refractivity contribution in [2.45, 2.75) is 13.0 Å². The molecular weight excluding hydrogens is 366 g/mol. The van der Waals surface area contributed by atoms with E-state index in [0.29, 0.717) is 12.4 Å². The highest BCUT2D eigenvalue weighted by atomic mass is 16.5. The van der Waals surface area contributed by atoms with E-state index in [1.54, 1.807) is 34.7 Å². The van der Waals surface area contributed by atoms with Gasteiger partial charge in [0.05, 0.1) is 19.0 Å². The Bertz CT molecular complexity index is 1000. The van der Waals surface area contributed by atoms with E-state index in [9.17, 15) is 4.79 Å². The Morgan fingerprint density at radius 3 is 2.55 bits per heavy atom. The first-order chi connectivity index (χ1) is 14.2. The van der Waals surface area contributed by atoms with Crippen molar-refractivity contribution in [2.24, 2.45) is 0 Å². The number of pyridine rings is 1. The minimum absolute atomic E-state index is 0.0611. The number of anilines is 1. The molecule has 3 heterocycles. The molecule has 2 aromatic heterocycles. The summed E-state index contributed by atoms with van der Waals surface area (Å²) in [5.41, 5.74) is 3.23. The topological polar surface area (TPSA) is 55.5 Å². The SMILES string of the molecule is COc1ccc(-n2ccn(CCc3ccccc3N3CCN(C)CC3)c2=O)cn1. The van der Waals surface area contributed by atoms with Crippen molar-refractivity contribution in [1.82, 2.24) is 19.0 Å². The predicted molar refractivity (Wildman–Crippen MR) is 114 cm³/mol. The summed E-state index contributed by atoms with van der Waals surface area (Å²) in [6.45, 7) is 4.86. The van der Waals surface area contributed by atoms with Crippen molar-refractivity contribution in [3.8, 4) is 11.6 Å². The number of aryl methyl sites for hydroxylation is 2. The quantitative estimate of drug-likeness (QED) is 0.642. The van der Waals surface area contributed by atoms with Gasteiger partial charge in [-0.2, -0.15) is 0 Å². The normalized spacial score (nSPS) is 14.9. The highest BCUT2D eigenvalue weighted by Gasteiger charge is 2.17. The number of benzene rings is 1. The monoisotopic (exact) mass is 393 g/mol. The Morgan fingerprint density at radius 2 is 1.83 bits per heavy atom. The summed E-state index contributed by atoms with van der Waals surface area (Å²) >= 11 is 0. The van der Waals surface area contributed by atoms with Gasteiger partial charge in [-0.1, -0.05) is 18.2 Å². The fraction of sp³-hybridized carbons (Fsp3) is 0.364. The van der Waals surface area contributed by atoms with Crippen molar-refractivity contribution in [3.05, 3.63) is 71.0 Å². The number of piperazine rings is 1. The van der Waals surface area contributed by atoms with Crippen LogP contribution in [-0.4, -0.2) is 59.4 Å². The molecule has 0 aliphatic carbocycles. The molecule has 1 aromatic carbocycles. The third-order valence-corrected chi connectivity index (χ3v) is 5.51. The Labute approximate surface area is 170 Å². The van der Waals surface area contributed by atoms with Gasteiger partial charge in [0.2, 0.25) is 5.88 Å². The molecule has 4 rings (SSSR count). The lowest BCUT2D eigenvalue weighted by molar-refractivity contribution is 0.312. The molecule has 29 heavy (non-hydrogen) atoms. The minimum atomic E-state index is -0.0611. The highest BCUT2D eigenvalue weighted by molar-refractivity contribution is 5.54. The summed E-state index contributed by atoms with van der Waals surface area (Å²) in [6, 6.07) is 12.1. The summed E-state index contributed by atoms with van der Waals surface area (Å²) in [7, 11) is 3.74. The van der Waals surface area contributed by atoms with Gasteiger partial charge >= 0.3 is 5.69 Å². The first-order valence-corrected chi connectivity index (χ1v) is 9.95. The molecule has 1 fully saturated rings. The van der Waals surface area contributed by atoms with Crippen molar-refractivity contribution < 1.29 is 4.74 Å². The van der Waals surface area contributed by atoms with Gasteiger partial charge in [0.25, 0.3) is 0 Å². The molecule has 3 aromatic rings. The van der Waals surface area contributed by atoms with E-state index in [0.717, 1.165) is 38.3 Å². The number of likely N-dealkylation sites (N-methyl/N-ethyl adjacent to an activating group) is 1. The zero-order chi connectivity index (χ0) is 20.2. The number of aromatic nitrogens is 3. The number of imidazole rings is 1. The van der Waals surface area contributed by atoms with Gasteiger partial charge in [0.15, 0.2) is 0 Å². The van der Waals surface area contributed by atoms with Crippen LogP contribution < -0.4 is 15.3 Å².